The number of nitrogens with zero attached hydrogens (tertiary/aromatic N) is 4. The van der Waals surface area contributed by atoms with E-state index in [1.54, 1.807) is 10.7 Å². The van der Waals surface area contributed by atoms with Crippen LogP contribution in [0.1, 0.15) is 22.3 Å². The van der Waals surface area contributed by atoms with Gasteiger partial charge in [-0.3, -0.25) is 4.79 Å². The molecule has 0 aliphatic carbocycles. The summed E-state index contributed by atoms with van der Waals surface area (Å²) >= 11 is 0. The zero-order valence-electron chi connectivity index (χ0n) is 17.4. The topological polar surface area (TPSA) is 66.3 Å². The number of carbonyl (C=O) groups excluding carboxylic acids is 1. The van der Waals surface area contributed by atoms with Gasteiger partial charge in [0.2, 0.25) is 0 Å². The molecule has 0 atom stereocenters. The molecule has 6 nitrogen and oxygen atoms in total. The monoisotopic (exact) mass is 419 g/mol. The second-order valence-electron chi connectivity index (χ2n) is 7.95. The van der Waals surface area contributed by atoms with Gasteiger partial charge >= 0.3 is 0 Å². The summed E-state index contributed by atoms with van der Waals surface area (Å²) in [5, 5.41) is 5.85. The molecule has 1 N–H and O–H groups in total. The summed E-state index contributed by atoms with van der Waals surface area (Å²) in [5.41, 5.74) is 6.45. The summed E-state index contributed by atoms with van der Waals surface area (Å²) in [7, 11) is 0. The first-order valence-electron chi connectivity index (χ1n) is 10.7. The van der Waals surface area contributed by atoms with Crippen molar-refractivity contribution in [3.8, 4) is 11.3 Å². The Labute approximate surface area is 184 Å². The van der Waals surface area contributed by atoms with Gasteiger partial charge in [-0.05, 0) is 36.3 Å². The first-order valence-corrected chi connectivity index (χ1v) is 10.7. The van der Waals surface area contributed by atoms with Crippen molar-refractivity contribution in [2.24, 2.45) is 0 Å². The second kappa shape index (κ2) is 7.50. The number of nitrogens with one attached hydrogen (secondary N) is 1. The maximum Gasteiger partial charge on any atom is 0.258 e. The SMILES string of the molecule is O=C(c1c(-c2ccccc2)nn2ccccc12)N1CC=C(c2c[nH]c3ncccc23)CC1. The fraction of sp³-hybridized carbons (Fsp3) is 0.115. The highest BCUT2D eigenvalue weighted by molar-refractivity contribution is 6.06. The van der Waals surface area contributed by atoms with E-state index in [0.29, 0.717) is 18.7 Å². The summed E-state index contributed by atoms with van der Waals surface area (Å²) in [6.45, 7) is 1.23. The first kappa shape index (κ1) is 18.6. The molecule has 1 aliphatic heterocycles. The number of benzene rings is 1. The Morgan fingerprint density at radius 3 is 2.72 bits per heavy atom. The third-order valence-corrected chi connectivity index (χ3v) is 6.09. The minimum Gasteiger partial charge on any atom is -0.346 e. The summed E-state index contributed by atoms with van der Waals surface area (Å²) in [6.07, 6.45) is 8.65. The molecule has 1 aromatic carbocycles. The summed E-state index contributed by atoms with van der Waals surface area (Å²) in [4.78, 5) is 23.2. The lowest BCUT2D eigenvalue weighted by Crippen LogP contribution is -2.34. The van der Waals surface area contributed by atoms with E-state index in [1.165, 1.54) is 11.1 Å². The quantitative estimate of drug-likeness (QED) is 0.457. The van der Waals surface area contributed by atoms with Crippen molar-refractivity contribution in [3.63, 3.8) is 0 Å². The highest BCUT2D eigenvalue weighted by Crippen LogP contribution is 2.31. The van der Waals surface area contributed by atoms with Crippen molar-refractivity contribution < 1.29 is 4.79 Å². The molecule has 5 heterocycles. The van der Waals surface area contributed by atoms with E-state index >= 15 is 0 Å². The number of pyridine rings is 2. The zero-order valence-corrected chi connectivity index (χ0v) is 17.4. The van der Waals surface area contributed by atoms with E-state index < -0.39 is 0 Å². The van der Waals surface area contributed by atoms with Crippen LogP contribution in [0.15, 0.2) is 85.3 Å². The smallest absolute Gasteiger partial charge is 0.258 e. The maximum absolute atomic E-state index is 13.7. The fourth-order valence-corrected chi connectivity index (χ4v) is 4.49. The molecular formula is C26H21N5O. The number of amides is 1. The van der Waals surface area contributed by atoms with Crippen molar-refractivity contribution in [1.29, 1.82) is 0 Å². The van der Waals surface area contributed by atoms with Gasteiger partial charge in [0.05, 0.1) is 11.1 Å². The molecule has 6 heteroatoms. The molecule has 0 unspecified atom stereocenters. The molecule has 1 aliphatic rings. The fourth-order valence-electron chi connectivity index (χ4n) is 4.49. The third-order valence-electron chi connectivity index (χ3n) is 6.09. The standard InChI is InChI=1S/C26H21N5O/c32-26(23-22-10-4-5-14-31(22)29-24(23)19-7-2-1-3-8-19)30-15-11-18(12-16-30)21-17-28-25-20(21)9-6-13-27-25/h1-11,13-14,17H,12,15-16H2,(H,27,28). The Balaban J connectivity index is 1.36. The first-order chi connectivity index (χ1) is 15.8. The van der Waals surface area contributed by atoms with Gasteiger partial charge in [0.15, 0.2) is 0 Å². The largest absolute Gasteiger partial charge is 0.346 e. The Kier molecular flexibility index (Phi) is 4.35. The van der Waals surface area contributed by atoms with Crippen LogP contribution in [0.3, 0.4) is 0 Å². The number of carbonyl (C=O) groups is 1. The summed E-state index contributed by atoms with van der Waals surface area (Å²) in [5.74, 6) is 0.0148. The number of rotatable bonds is 3. The Hall–Kier alpha value is -4.19. The molecule has 0 radical (unpaired) electrons. The van der Waals surface area contributed by atoms with Crippen LogP contribution < -0.4 is 0 Å². The molecule has 0 spiro atoms. The lowest BCUT2D eigenvalue weighted by Gasteiger charge is -2.26. The van der Waals surface area contributed by atoms with E-state index in [0.717, 1.165) is 34.2 Å². The van der Waals surface area contributed by atoms with Crippen LogP contribution in [0.25, 0.3) is 33.4 Å². The highest BCUT2D eigenvalue weighted by Gasteiger charge is 2.27. The van der Waals surface area contributed by atoms with E-state index in [4.69, 9.17) is 5.10 Å². The van der Waals surface area contributed by atoms with Crippen molar-refractivity contribution in [2.75, 3.05) is 13.1 Å². The molecule has 0 fully saturated rings. The number of hydrogen-bond donors (Lipinski definition) is 1. The zero-order chi connectivity index (χ0) is 21.5. The van der Waals surface area contributed by atoms with E-state index in [9.17, 15) is 4.79 Å². The van der Waals surface area contributed by atoms with Gasteiger partial charge in [0, 0.05) is 48.2 Å². The molecule has 4 aromatic heterocycles. The van der Waals surface area contributed by atoms with Crippen molar-refractivity contribution in [3.05, 3.63) is 96.5 Å². The summed E-state index contributed by atoms with van der Waals surface area (Å²) < 4.78 is 1.79. The minimum atomic E-state index is 0.0148. The number of aromatic amines is 1. The minimum absolute atomic E-state index is 0.0148. The van der Waals surface area contributed by atoms with Crippen LogP contribution in [-0.4, -0.2) is 43.5 Å². The lowest BCUT2D eigenvalue weighted by molar-refractivity contribution is 0.0775. The Morgan fingerprint density at radius 1 is 1.00 bits per heavy atom. The van der Waals surface area contributed by atoms with Gasteiger partial charge in [-0.1, -0.05) is 42.5 Å². The van der Waals surface area contributed by atoms with Gasteiger partial charge in [-0.25, -0.2) is 9.50 Å². The second-order valence-corrected chi connectivity index (χ2v) is 7.95. The molecular weight excluding hydrogens is 398 g/mol. The lowest BCUT2D eigenvalue weighted by atomic mass is 9.98. The van der Waals surface area contributed by atoms with Gasteiger partial charge in [-0.2, -0.15) is 5.10 Å². The number of hydrogen-bond acceptors (Lipinski definition) is 3. The molecule has 5 aromatic rings. The van der Waals surface area contributed by atoms with Crippen LogP contribution in [0.5, 0.6) is 0 Å². The van der Waals surface area contributed by atoms with Gasteiger partial charge in [0.1, 0.15) is 11.3 Å². The summed E-state index contributed by atoms with van der Waals surface area (Å²) in [6, 6.07) is 19.8. The van der Waals surface area contributed by atoms with Gasteiger partial charge in [0.25, 0.3) is 5.91 Å². The molecule has 156 valence electrons. The molecule has 1 amide bonds. The molecule has 0 bridgehead atoms. The number of aromatic nitrogens is 4. The van der Waals surface area contributed by atoms with Crippen LogP contribution >= 0.6 is 0 Å². The van der Waals surface area contributed by atoms with Crippen LogP contribution in [-0.2, 0) is 0 Å². The van der Waals surface area contributed by atoms with Gasteiger partial charge < -0.3 is 9.88 Å². The van der Waals surface area contributed by atoms with E-state index in [1.807, 2.05) is 71.9 Å². The average molecular weight is 419 g/mol. The number of fused-ring (bicyclic) bond motifs is 2. The average Bonchev–Trinajstić information content (AvgIpc) is 3.46. The number of H-pyrrole nitrogens is 1. The van der Waals surface area contributed by atoms with Crippen molar-refractivity contribution >= 4 is 28.0 Å². The Bertz CT molecular complexity index is 1480. The molecule has 0 saturated carbocycles. The van der Waals surface area contributed by atoms with E-state index in [-0.39, 0.29) is 5.91 Å². The molecule has 0 saturated heterocycles. The third kappa shape index (κ3) is 3.00. The van der Waals surface area contributed by atoms with Crippen LogP contribution in [0.4, 0.5) is 0 Å². The van der Waals surface area contributed by atoms with Crippen LogP contribution in [0.2, 0.25) is 0 Å². The maximum atomic E-state index is 13.7. The van der Waals surface area contributed by atoms with Crippen molar-refractivity contribution in [2.45, 2.75) is 6.42 Å². The predicted molar refractivity (Wildman–Crippen MR) is 125 cm³/mol. The molecule has 6 rings (SSSR count). The van der Waals surface area contributed by atoms with Crippen molar-refractivity contribution in [1.82, 2.24) is 24.5 Å². The van der Waals surface area contributed by atoms with Crippen LogP contribution in [0, 0.1) is 0 Å². The Morgan fingerprint density at radius 2 is 1.88 bits per heavy atom. The molecule has 32 heavy (non-hydrogen) atoms. The highest BCUT2D eigenvalue weighted by atomic mass is 16.2. The van der Waals surface area contributed by atoms with E-state index in [2.05, 4.69) is 22.1 Å². The normalized spacial score (nSPS) is 14.1. The van der Waals surface area contributed by atoms with Gasteiger partial charge in [-0.15, -0.1) is 0 Å². The predicted octanol–water partition coefficient (Wildman–Crippen LogP) is 4.81.